The Kier molecular flexibility index (Phi) is 7.21. The van der Waals surface area contributed by atoms with E-state index in [0.29, 0.717) is 0 Å². The molecular formula is C24H27BrN2O. The molecule has 1 aromatic heterocycles. The van der Waals surface area contributed by atoms with Crippen molar-refractivity contribution in [1.82, 2.24) is 9.88 Å². The molecule has 0 aliphatic heterocycles. The zero-order valence-corrected chi connectivity index (χ0v) is 18.2. The second-order valence-electron chi connectivity index (χ2n) is 7.08. The first-order valence-electron chi connectivity index (χ1n) is 10.1. The highest BCUT2D eigenvalue weighted by molar-refractivity contribution is 9.10. The summed E-state index contributed by atoms with van der Waals surface area (Å²) in [6.07, 6.45) is 4.21. The number of amides is 1. The van der Waals surface area contributed by atoms with Crippen molar-refractivity contribution in [2.45, 2.75) is 39.5 Å². The van der Waals surface area contributed by atoms with Gasteiger partial charge in [0.05, 0.1) is 16.8 Å². The molecule has 0 aliphatic carbocycles. The van der Waals surface area contributed by atoms with Crippen LogP contribution >= 0.6 is 15.9 Å². The standard InChI is InChI=1S/C24H27BrN2O/c1-3-5-14-27(15-6-4-2)24(28)21-17-23(18-10-9-11-19(25)16-18)26-22-13-8-7-12-20(21)22/h7-13,16-17H,3-6,14-15H2,1-2H3. The Morgan fingerprint density at radius 1 is 0.964 bits per heavy atom. The molecule has 0 radical (unpaired) electrons. The Morgan fingerprint density at radius 3 is 2.36 bits per heavy atom. The van der Waals surface area contributed by atoms with Crippen molar-refractivity contribution < 1.29 is 4.79 Å². The molecule has 1 amide bonds. The molecule has 0 fully saturated rings. The molecule has 3 nitrogen and oxygen atoms in total. The summed E-state index contributed by atoms with van der Waals surface area (Å²) in [5.41, 5.74) is 3.43. The molecule has 3 rings (SSSR count). The quantitative estimate of drug-likeness (QED) is 0.391. The topological polar surface area (TPSA) is 33.2 Å². The molecule has 0 bridgehead atoms. The molecule has 0 spiro atoms. The minimum atomic E-state index is 0.108. The summed E-state index contributed by atoms with van der Waals surface area (Å²) in [6.45, 7) is 5.93. The minimum absolute atomic E-state index is 0.108. The molecule has 3 aromatic rings. The number of carbonyl (C=O) groups excluding carboxylic acids is 1. The van der Waals surface area contributed by atoms with Gasteiger partial charge in [0.2, 0.25) is 0 Å². The van der Waals surface area contributed by atoms with Crippen molar-refractivity contribution in [2.75, 3.05) is 13.1 Å². The van der Waals surface area contributed by atoms with E-state index in [-0.39, 0.29) is 5.91 Å². The molecule has 2 aromatic carbocycles. The van der Waals surface area contributed by atoms with Crippen LogP contribution in [-0.4, -0.2) is 28.9 Å². The van der Waals surface area contributed by atoms with Crippen LogP contribution in [0.3, 0.4) is 0 Å². The van der Waals surface area contributed by atoms with E-state index in [4.69, 9.17) is 4.98 Å². The number of para-hydroxylation sites is 1. The van der Waals surface area contributed by atoms with Crippen LogP contribution < -0.4 is 0 Å². The number of pyridine rings is 1. The zero-order valence-electron chi connectivity index (χ0n) is 16.6. The first-order valence-corrected chi connectivity index (χ1v) is 10.9. The fraction of sp³-hybridized carbons (Fsp3) is 0.333. The number of fused-ring (bicyclic) bond motifs is 1. The Labute approximate surface area is 175 Å². The predicted molar refractivity (Wildman–Crippen MR) is 121 cm³/mol. The number of hydrogen-bond acceptors (Lipinski definition) is 2. The summed E-state index contributed by atoms with van der Waals surface area (Å²) in [4.78, 5) is 20.3. The van der Waals surface area contributed by atoms with Crippen LogP contribution in [0.2, 0.25) is 0 Å². The highest BCUT2D eigenvalue weighted by atomic mass is 79.9. The average molecular weight is 439 g/mol. The molecule has 146 valence electrons. The molecule has 1 heterocycles. The Bertz CT molecular complexity index is 946. The number of hydrogen-bond donors (Lipinski definition) is 0. The third-order valence-electron chi connectivity index (χ3n) is 4.92. The highest BCUT2D eigenvalue weighted by Gasteiger charge is 2.19. The van der Waals surface area contributed by atoms with Gasteiger partial charge in [0.1, 0.15) is 0 Å². The summed E-state index contributed by atoms with van der Waals surface area (Å²) in [7, 11) is 0. The van der Waals surface area contributed by atoms with Gasteiger partial charge in [-0.05, 0) is 37.1 Å². The van der Waals surface area contributed by atoms with Crippen LogP contribution in [0.15, 0.2) is 59.1 Å². The maximum absolute atomic E-state index is 13.5. The monoisotopic (exact) mass is 438 g/mol. The van der Waals surface area contributed by atoms with Gasteiger partial charge in [0.15, 0.2) is 0 Å². The summed E-state index contributed by atoms with van der Waals surface area (Å²) in [5, 5.41) is 0.921. The predicted octanol–water partition coefficient (Wildman–Crippen LogP) is 6.71. The van der Waals surface area contributed by atoms with Gasteiger partial charge in [0.25, 0.3) is 5.91 Å². The first kappa shape index (κ1) is 20.5. The van der Waals surface area contributed by atoms with Gasteiger partial charge in [-0.3, -0.25) is 4.79 Å². The SMILES string of the molecule is CCCCN(CCCC)C(=O)c1cc(-c2cccc(Br)c2)nc2ccccc12. The lowest BCUT2D eigenvalue weighted by molar-refractivity contribution is 0.0753. The van der Waals surface area contributed by atoms with Gasteiger partial charge < -0.3 is 4.90 Å². The van der Waals surface area contributed by atoms with Gasteiger partial charge in [-0.1, -0.05) is 73.0 Å². The van der Waals surface area contributed by atoms with Crippen molar-refractivity contribution in [1.29, 1.82) is 0 Å². The number of nitrogens with zero attached hydrogens (tertiary/aromatic N) is 2. The van der Waals surface area contributed by atoms with E-state index < -0.39 is 0 Å². The lowest BCUT2D eigenvalue weighted by atomic mass is 10.0. The molecule has 0 atom stereocenters. The third-order valence-corrected chi connectivity index (χ3v) is 5.41. The van der Waals surface area contributed by atoms with E-state index in [2.05, 4.69) is 29.8 Å². The van der Waals surface area contributed by atoms with E-state index in [1.165, 1.54) is 0 Å². The number of carbonyl (C=O) groups is 1. The molecular weight excluding hydrogens is 412 g/mol. The van der Waals surface area contributed by atoms with Crippen LogP contribution in [0, 0.1) is 0 Å². The number of aromatic nitrogens is 1. The number of rotatable bonds is 8. The van der Waals surface area contributed by atoms with Gasteiger partial charge in [-0.2, -0.15) is 0 Å². The normalized spacial score (nSPS) is 11.0. The minimum Gasteiger partial charge on any atom is -0.339 e. The van der Waals surface area contributed by atoms with Crippen LogP contribution in [-0.2, 0) is 0 Å². The number of halogens is 1. The van der Waals surface area contributed by atoms with Crippen molar-refractivity contribution >= 4 is 32.7 Å². The Hall–Kier alpha value is -2.20. The Balaban J connectivity index is 2.08. The van der Waals surface area contributed by atoms with Crippen LogP contribution in [0.25, 0.3) is 22.2 Å². The maximum Gasteiger partial charge on any atom is 0.254 e. The molecule has 0 saturated heterocycles. The van der Waals surface area contributed by atoms with E-state index in [1.807, 2.05) is 59.5 Å². The molecule has 0 saturated carbocycles. The largest absolute Gasteiger partial charge is 0.339 e. The molecule has 4 heteroatoms. The van der Waals surface area contributed by atoms with E-state index in [0.717, 1.165) is 71.0 Å². The Morgan fingerprint density at radius 2 is 1.68 bits per heavy atom. The number of benzene rings is 2. The highest BCUT2D eigenvalue weighted by Crippen LogP contribution is 2.27. The maximum atomic E-state index is 13.5. The van der Waals surface area contributed by atoms with Crippen molar-refractivity contribution in [3.63, 3.8) is 0 Å². The second-order valence-corrected chi connectivity index (χ2v) is 8.00. The van der Waals surface area contributed by atoms with Crippen molar-refractivity contribution in [2.24, 2.45) is 0 Å². The van der Waals surface area contributed by atoms with Crippen LogP contribution in [0.1, 0.15) is 49.9 Å². The third kappa shape index (κ3) is 4.79. The van der Waals surface area contributed by atoms with E-state index in [9.17, 15) is 4.79 Å². The van der Waals surface area contributed by atoms with E-state index in [1.54, 1.807) is 0 Å². The fourth-order valence-corrected chi connectivity index (χ4v) is 3.73. The van der Waals surface area contributed by atoms with Crippen LogP contribution in [0.4, 0.5) is 0 Å². The van der Waals surface area contributed by atoms with E-state index >= 15 is 0 Å². The van der Waals surface area contributed by atoms with Crippen molar-refractivity contribution in [3.8, 4) is 11.3 Å². The van der Waals surface area contributed by atoms with Gasteiger partial charge >= 0.3 is 0 Å². The molecule has 28 heavy (non-hydrogen) atoms. The van der Waals surface area contributed by atoms with Gasteiger partial charge in [-0.15, -0.1) is 0 Å². The van der Waals surface area contributed by atoms with Gasteiger partial charge in [0, 0.05) is 28.5 Å². The number of unbranched alkanes of at least 4 members (excludes halogenated alkanes) is 2. The zero-order chi connectivity index (χ0) is 19.9. The summed E-state index contributed by atoms with van der Waals surface area (Å²) >= 11 is 3.53. The second kappa shape index (κ2) is 9.83. The van der Waals surface area contributed by atoms with Crippen molar-refractivity contribution in [3.05, 3.63) is 64.6 Å². The van der Waals surface area contributed by atoms with Gasteiger partial charge in [-0.25, -0.2) is 4.98 Å². The first-order chi connectivity index (χ1) is 13.6. The lowest BCUT2D eigenvalue weighted by Gasteiger charge is -2.23. The molecule has 0 aliphatic rings. The van der Waals surface area contributed by atoms with Crippen LogP contribution in [0.5, 0.6) is 0 Å². The average Bonchev–Trinajstić information content (AvgIpc) is 2.72. The fourth-order valence-electron chi connectivity index (χ4n) is 3.33. The summed E-state index contributed by atoms with van der Waals surface area (Å²) < 4.78 is 1.00. The molecule has 0 unspecified atom stereocenters. The summed E-state index contributed by atoms with van der Waals surface area (Å²) in [5.74, 6) is 0.108. The lowest BCUT2D eigenvalue weighted by Crippen LogP contribution is -2.33. The smallest absolute Gasteiger partial charge is 0.254 e. The summed E-state index contributed by atoms with van der Waals surface area (Å²) in [6, 6.07) is 17.9. The molecule has 0 N–H and O–H groups in total.